The quantitative estimate of drug-likeness (QED) is 0.487. The van der Waals surface area contributed by atoms with Crippen molar-refractivity contribution in [2.24, 2.45) is 5.41 Å². The van der Waals surface area contributed by atoms with Crippen molar-refractivity contribution >= 4 is 0 Å². The normalized spacial score (nSPS) is 10.2. The van der Waals surface area contributed by atoms with Crippen LogP contribution < -0.4 is 0 Å². The molecule has 0 aromatic heterocycles. The van der Waals surface area contributed by atoms with E-state index < -0.39 is 0 Å². The molecule has 0 fully saturated rings. The van der Waals surface area contributed by atoms with Crippen molar-refractivity contribution in [3.63, 3.8) is 0 Å². The summed E-state index contributed by atoms with van der Waals surface area (Å²) in [6.07, 6.45) is 0.855. The van der Waals surface area contributed by atoms with Gasteiger partial charge in [0.15, 0.2) is 0 Å². The Hall–Kier alpha value is -0.480. The minimum absolute atomic E-state index is 0.0178. The Labute approximate surface area is 57.1 Å². The third-order valence-corrected chi connectivity index (χ3v) is 0.823. The Balaban J connectivity index is 3.50. The second-order valence-corrected chi connectivity index (χ2v) is 3.25. The molecule has 0 aliphatic carbocycles. The lowest BCUT2D eigenvalue weighted by Gasteiger charge is -2.12. The van der Waals surface area contributed by atoms with Gasteiger partial charge in [0.2, 0.25) is 0 Å². The van der Waals surface area contributed by atoms with E-state index in [2.05, 4.69) is 32.6 Å². The van der Waals surface area contributed by atoms with E-state index in [1.807, 2.05) is 0 Å². The molecular weight excluding hydrogens is 112 g/mol. The summed E-state index contributed by atoms with van der Waals surface area (Å²) in [7, 11) is 0. The SMILES string of the molecule is CC(C)(C)CC#CCO. The molecule has 0 heterocycles. The van der Waals surface area contributed by atoms with Crippen molar-refractivity contribution in [2.75, 3.05) is 6.61 Å². The minimum atomic E-state index is -0.0178. The summed E-state index contributed by atoms with van der Waals surface area (Å²) in [6, 6.07) is 0. The maximum Gasteiger partial charge on any atom is 0.104 e. The van der Waals surface area contributed by atoms with E-state index in [-0.39, 0.29) is 12.0 Å². The maximum absolute atomic E-state index is 8.29. The number of hydrogen-bond acceptors (Lipinski definition) is 1. The summed E-state index contributed by atoms with van der Waals surface area (Å²) in [6.45, 7) is 6.35. The van der Waals surface area contributed by atoms with E-state index in [0.717, 1.165) is 6.42 Å². The number of aliphatic hydroxyl groups excluding tert-OH is 1. The Kier molecular flexibility index (Phi) is 3.34. The highest BCUT2D eigenvalue weighted by atomic mass is 16.2. The Morgan fingerprint density at radius 2 is 1.78 bits per heavy atom. The lowest BCUT2D eigenvalue weighted by Crippen LogP contribution is -2.02. The van der Waals surface area contributed by atoms with Crippen LogP contribution in [0, 0.1) is 17.3 Å². The van der Waals surface area contributed by atoms with Gasteiger partial charge in [-0.3, -0.25) is 0 Å². The van der Waals surface area contributed by atoms with E-state index in [0.29, 0.717) is 0 Å². The summed E-state index contributed by atoms with van der Waals surface area (Å²) >= 11 is 0. The van der Waals surface area contributed by atoms with E-state index in [9.17, 15) is 0 Å². The van der Waals surface area contributed by atoms with Gasteiger partial charge in [-0.2, -0.15) is 0 Å². The van der Waals surface area contributed by atoms with Gasteiger partial charge in [-0.15, -0.1) is 5.92 Å². The van der Waals surface area contributed by atoms with Crippen LogP contribution in [-0.2, 0) is 0 Å². The van der Waals surface area contributed by atoms with Crippen LogP contribution in [0.3, 0.4) is 0 Å². The monoisotopic (exact) mass is 126 g/mol. The van der Waals surface area contributed by atoms with Crippen LogP contribution in [0.1, 0.15) is 27.2 Å². The molecule has 0 saturated heterocycles. The van der Waals surface area contributed by atoms with Gasteiger partial charge in [0.25, 0.3) is 0 Å². The smallest absolute Gasteiger partial charge is 0.104 e. The van der Waals surface area contributed by atoms with Crippen molar-refractivity contribution in [1.82, 2.24) is 0 Å². The molecule has 0 unspecified atom stereocenters. The topological polar surface area (TPSA) is 20.2 Å². The molecule has 0 amide bonds. The lowest BCUT2D eigenvalue weighted by atomic mass is 9.93. The van der Waals surface area contributed by atoms with Gasteiger partial charge in [0.1, 0.15) is 6.61 Å². The van der Waals surface area contributed by atoms with Crippen molar-refractivity contribution in [1.29, 1.82) is 0 Å². The molecule has 0 aliphatic heterocycles. The molecule has 0 aromatic carbocycles. The number of hydrogen-bond donors (Lipinski definition) is 1. The fraction of sp³-hybridized carbons (Fsp3) is 0.750. The standard InChI is InChI=1S/C8H14O/c1-8(2,3)6-4-5-7-9/h9H,6-7H2,1-3H3. The molecule has 0 spiro atoms. The molecule has 0 radical (unpaired) electrons. The second-order valence-electron chi connectivity index (χ2n) is 3.25. The summed E-state index contributed by atoms with van der Waals surface area (Å²) in [5.41, 5.74) is 0.266. The van der Waals surface area contributed by atoms with Crippen molar-refractivity contribution in [3.8, 4) is 11.8 Å². The predicted octanol–water partition coefficient (Wildman–Crippen LogP) is 1.42. The number of rotatable bonds is 0. The first-order valence-corrected chi connectivity index (χ1v) is 3.13. The molecule has 0 rings (SSSR count). The van der Waals surface area contributed by atoms with Crippen LogP contribution in [0.2, 0.25) is 0 Å². The minimum Gasteiger partial charge on any atom is -0.384 e. The van der Waals surface area contributed by atoms with Crippen molar-refractivity contribution in [2.45, 2.75) is 27.2 Å². The second kappa shape index (κ2) is 3.53. The van der Waals surface area contributed by atoms with Gasteiger partial charge in [-0.05, 0) is 5.41 Å². The molecule has 0 saturated carbocycles. The van der Waals surface area contributed by atoms with Gasteiger partial charge >= 0.3 is 0 Å². The third kappa shape index (κ3) is 7.52. The van der Waals surface area contributed by atoms with Crippen LogP contribution in [0.15, 0.2) is 0 Å². The van der Waals surface area contributed by atoms with Crippen LogP contribution in [-0.4, -0.2) is 11.7 Å². The van der Waals surface area contributed by atoms with Gasteiger partial charge in [-0.1, -0.05) is 26.7 Å². The molecule has 0 atom stereocenters. The average Bonchev–Trinajstić information content (AvgIpc) is 1.63. The molecule has 1 heteroatoms. The molecule has 0 bridgehead atoms. The molecule has 0 aromatic rings. The van der Waals surface area contributed by atoms with E-state index in [1.54, 1.807) is 0 Å². The highest BCUT2D eigenvalue weighted by Gasteiger charge is 2.05. The molecule has 0 aliphatic rings. The van der Waals surface area contributed by atoms with E-state index in [1.165, 1.54) is 0 Å². The summed E-state index contributed by atoms with van der Waals surface area (Å²) in [5, 5.41) is 8.29. The summed E-state index contributed by atoms with van der Waals surface area (Å²) < 4.78 is 0. The lowest BCUT2D eigenvalue weighted by molar-refractivity contribution is 0.350. The predicted molar refractivity (Wildman–Crippen MR) is 38.9 cm³/mol. The Morgan fingerprint density at radius 1 is 1.22 bits per heavy atom. The Bertz CT molecular complexity index is 120. The van der Waals surface area contributed by atoms with Crippen LogP contribution in [0.25, 0.3) is 0 Å². The highest BCUT2D eigenvalue weighted by molar-refractivity contribution is 5.00. The zero-order valence-electron chi connectivity index (χ0n) is 6.36. The van der Waals surface area contributed by atoms with Crippen LogP contribution >= 0.6 is 0 Å². The first-order chi connectivity index (χ1) is 4.06. The van der Waals surface area contributed by atoms with Crippen LogP contribution in [0.5, 0.6) is 0 Å². The zero-order valence-corrected chi connectivity index (χ0v) is 6.36. The average molecular weight is 126 g/mol. The summed E-state index contributed by atoms with van der Waals surface area (Å²) in [4.78, 5) is 0. The summed E-state index contributed by atoms with van der Waals surface area (Å²) in [5.74, 6) is 5.49. The van der Waals surface area contributed by atoms with Crippen molar-refractivity contribution in [3.05, 3.63) is 0 Å². The number of aliphatic hydroxyl groups is 1. The Morgan fingerprint density at radius 3 is 2.11 bits per heavy atom. The van der Waals surface area contributed by atoms with Crippen molar-refractivity contribution < 1.29 is 5.11 Å². The van der Waals surface area contributed by atoms with Crippen LogP contribution in [0.4, 0.5) is 0 Å². The third-order valence-electron chi connectivity index (χ3n) is 0.823. The largest absolute Gasteiger partial charge is 0.384 e. The van der Waals surface area contributed by atoms with Gasteiger partial charge in [0, 0.05) is 6.42 Å². The molecular formula is C8H14O. The first-order valence-electron chi connectivity index (χ1n) is 3.13. The first kappa shape index (κ1) is 8.52. The van der Waals surface area contributed by atoms with Gasteiger partial charge < -0.3 is 5.11 Å². The van der Waals surface area contributed by atoms with E-state index >= 15 is 0 Å². The fourth-order valence-electron chi connectivity index (χ4n) is 0.384. The van der Waals surface area contributed by atoms with E-state index in [4.69, 9.17) is 5.11 Å². The molecule has 1 N–H and O–H groups in total. The molecule has 52 valence electrons. The maximum atomic E-state index is 8.29. The fourth-order valence-corrected chi connectivity index (χ4v) is 0.384. The molecule has 9 heavy (non-hydrogen) atoms. The zero-order chi connectivity index (χ0) is 7.33. The van der Waals surface area contributed by atoms with Gasteiger partial charge in [0.05, 0.1) is 0 Å². The highest BCUT2D eigenvalue weighted by Crippen LogP contribution is 2.16. The molecule has 1 nitrogen and oxygen atoms in total. The van der Waals surface area contributed by atoms with Gasteiger partial charge in [-0.25, -0.2) is 0 Å².